The van der Waals surface area contributed by atoms with E-state index >= 15 is 0 Å². The smallest absolute Gasteiger partial charge is 0.241 e. The molecule has 2 fully saturated rings. The van der Waals surface area contributed by atoms with E-state index < -0.39 is 0 Å². The van der Waals surface area contributed by atoms with E-state index in [2.05, 4.69) is 17.6 Å². The predicted octanol–water partition coefficient (Wildman–Crippen LogP) is -0.441. The first kappa shape index (κ1) is 9.93. The lowest BCUT2D eigenvalue weighted by Crippen LogP contribution is -2.57. The van der Waals surface area contributed by atoms with Crippen LogP contribution >= 0.6 is 0 Å². The van der Waals surface area contributed by atoms with Gasteiger partial charge >= 0.3 is 0 Å². The Labute approximate surface area is 85.0 Å². The molecule has 2 atom stereocenters. The molecule has 2 aliphatic rings. The van der Waals surface area contributed by atoms with Crippen LogP contribution in [-0.4, -0.2) is 49.1 Å². The van der Waals surface area contributed by atoms with Crippen molar-refractivity contribution in [3.05, 3.63) is 0 Å². The van der Waals surface area contributed by atoms with Crippen molar-refractivity contribution in [2.75, 3.05) is 26.2 Å². The molecule has 0 spiro atoms. The van der Waals surface area contributed by atoms with Crippen molar-refractivity contribution in [1.29, 1.82) is 0 Å². The minimum atomic E-state index is 0.00398. The number of hydrogen-bond donors (Lipinski definition) is 2. The SMILES string of the molecule is CC1CCCN1C(=O)C1CNCCN1. The Hall–Kier alpha value is -0.610. The summed E-state index contributed by atoms with van der Waals surface area (Å²) in [5, 5.41) is 6.51. The zero-order chi connectivity index (χ0) is 9.97. The zero-order valence-electron chi connectivity index (χ0n) is 8.75. The number of nitrogens with zero attached hydrogens (tertiary/aromatic N) is 1. The molecule has 2 rings (SSSR count). The van der Waals surface area contributed by atoms with E-state index in [4.69, 9.17) is 0 Å². The largest absolute Gasteiger partial charge is 0.339 e. The topological polar surface area (TPSA) is 44.4 Å². The lowest BCUT2D eigenvalue weighted by molar-refractivity contribution is -0.134. The molecular weight excluding hydrogens is 178 g/mol. The molecule has 0 aliphatic carbocycles. The Morgan fingerprint density at radius 1 is 1.43 bits per heavy atom. The summed E-state index contributed by atoms with van der Waals surface area (Å²) in [4.78, 5) is 14.1. The van der Waals surface area contributed by atoms with Gasteiger partial charge in [0.2, 0.25) is 5.91 Å². The number of nitrogens with one attached hydrogen (secondary N) is 2. The maximum atomic E-state index is 12.0. The van der Waals surface area contributed by atoms with Crippen LogP contribution in [0.5, 0.6) is 0 Å². The second kappa shape index (κ2) is 4.28. The Morgan fingerprint density at radius 3 is 2.86 bits per heavy atom. The quantitative estimate of drug-likeness (QED) is 0.599. The van der Waals surface area contributed by atoms with Gasteiger partial charge in [-0.3, -0.25) is 4.79 Å². The molecule has 80 valence electrons. The van der Waals surface area contributed by atoms with Gasteiger partial charge in [-0.1, -0.05) is 0 Å². The van der Waals surface area contributed by atoms with Crippen LogP contribution in [0, 0.1) is 0 Å². The minimum absolute atomic E-state index is 0.00398. The lowest BCUT2D eigenvalue weighted by atomic mass is 10.2. The molecule has 2 N–H and O–H groups in total. The highest BCUT2D eigenvalue weighted by Gasteiger charge is 2.30. The van der Waals surface area contributed by atoms with E-state index in [1.165, 1.54) is 0 Å². The molecule has 14 heavy (non-hydrogen) atoms. The van der Waals surface area contributed by atoms with Crippen molar-refractivity contribution >= 4 is 5.91 Å². The molecule has 0 aromatic heterocycles. The number of amides is 1. The Morgan fingerprint density at radius 2 is 2.29 bits per heavy atom. The summed E-state index contributed by atoms with van der Waals surface area (Å²) in [5.74, 6) is 0.280. The molecule has 2 saturated heterocycles. The number of carbonyl (C=O) groups excluding carboxylic acids is 1. The number of likely N-dealkylation sites (tertiary alicyclic amines) is 1. The predicted molar refractivity (Wildman–Crippen MR) is 55.1 cm³/mol. The second-order valence-corrected chi connectivity index (χ2v) is 4.23. The highest BCUT2D eigenvalue weighted by Crippen LogP contribution is 2.17. The van der Waals surface area contributed by atoms with Crippen LogP contribution in [0.2, 0.25) is 0 Å². The lowest BCUT2D eigenvalue weighted by Gasteiger charge is -2.30. The van der Waals surface area contributed by atoms with Crippen molar-refractivity contribution in [3.8, 4) is 0 Å². The number of rotatable bonds is 1. The van der Waals surface area contributed by atoms with E-state index in [1.807, 2.05) is 4.90 Å². The highest BCUT2D eigenvalue weighted by atomic mass is 16.2. The summed E-state index contributed by atoms with van der Waals surface area (Å²) in [6.45, 7) is 5.74. The Kier molecular flexibility index (Phi) is 3.03. The maximum Gasteiger partial charge on any atom is 0.241 e. The number of hydrogen-bond acceptors (Lipinski definition) is 3. The number of carbonyl (C=O) groups is 1. The van der Waals surface area contributed by atoms with Crippen molar-refractivity contribution in [2.45, 2.75) is 31.8 Å². The van der Waals surface area contributed by atoms with Crippen LogP contribution in [-0.2, 0) is 4.79 Å². The molecule has 2 heterocycles. The molecule has 4 nitrogen and oxygen atoms in total. The van der Waals surface area contributed by atoms with Gasteiger partial charge in [-0.05, 0) is 19.8 Å². The third-order valence-electron chi connectivity index (χ3n) is 3.18. The van der Waals surface area contributed by atoms with E-state index in [0.29, 0.717) is 6.04 Å². The van der Waals surface area contributed by atoms with Gasteiger partial charge in [-0.2, -0.15) is 0 Å². The third kappa shape index (κ3) is 1.91. The summed E-state index contributed by atoms with van der Waals surface area (Å²) >= 11 is 0. The third-order valence-corrected chi connectivity index (χ3v) is 3.18. The summed E-state index contributed by atoms with van der Waals surface area (Å²) in [6, 6.07) is 0.440. The first-order chi connectivity index (χ1) is 6.79. The molecule has 0 aromatic carbocycles. The van der Waals surface area contributed by atoms with Gasteiger partial charge in [0.05, 0.1) is 6.04 Å². The normalized spacial score (nSPS) is 33.4. The molecule has 2 aliphatic heterocycles. The van der Waals surface area contributed by atoms with Crippen LogP contribution in [0.15, 0.2) is 0 Å². The highest BCUT2D eigenvalue weighted by molar-refractivity contribution is 5.82. The van der Waals surface area contributed by atoms with Gasteiger partial charge in [0, 0.05) is 32.2 Å². The van der Waals surface area contributed by atoms with Gasteiger partial charge in [0.15, 0.2) is 0 Å². The van der Waals surface area contributed by atoms with Crippen LogP contribution in [0.3, 0.4) is 0 Å². The van der Waals surface area contributed by atoms with Crippen molar-refractivity contribution < 1.29 is 4.79 Å². The summed E-state index contributed by atoms with van der Waals surface area (Å²) < 4.78 is 0. The molecule has 0 radical (unpaired) electrons. The first-order valence-electron chi connectivity index (χ1n) is 5.53. The first-order valence-corrected chi connectivity index (χ1v) is 5.53. The molecule has 0 aromatic rings. The van der Waals surface area contributed by atoms with Crippen molar-refractivity contribution in [3.63, 3.8) is 0 Å². The van der Waals surface area contributed by atoms with Gasteiger partial charge in [0.1, 0.15) is 0 Å². The fourth-order valence-corrected chi connectivity index (χ4v) is 2.29. The molecule has 1 amide bonds. The second-order valence-electron chi connectivity index (χ2n) is 4.23. The standard InChI is InChI=1S/C10H19N3O/c1-8-3-2-6-13(8)10(14)9-7-11-4-5-12-9/h8-9,11-12H,2-7H2,1H3. The fraction of sp³-hybridized carbons (Fsp3) is 0.900. The summed E-state index contributed by atoms with van der Waals surface area (Å²) in [5.41, 5.74) is 0. The van der Waals surface area contributed by atoms with Crippen molar-refractivity contribution in [2.24, 2.45) is 0 Å². The van der Waals surface area contributed by atoms with Crippen LogP contribution in [0.1, 0.15) is 19.8 Å². The molecule has 0 bridgehead atoms. The average Bonchev–Trinajstić information content (AvgIpc) is 2.65. The van der Waals surface area contributed by atoms with Gasteiger partial charge in [-0.15, -0.1) is 0 Å². The van der Waals surface area contributed by atoms with Gasteiger partial charge in [0.25, 0.3) is 0 Å². The monoisotopic (exact) mass is 197 g/mol. The molecule has 0 saturated carbocycles. The fourth-order valence-electron chi connectivity index (χ4n) is 2.29. The summed E-state index contributed by atoms with van der Waals surface area (Å²) in [6.07, 6.45) is 2.32. The van der Waals surface area contributed by atoms with E-state index in [-0.39, 0.29) is 11.9 Å². The van der Waals surface area contributed by atoms with E-state index in [9.17, 15) is 4.79 Å². The maximum absolute atomic E-state index is 12.0. The van der Waals surface area contributed by atoms with Gasteiger partial charge in [-0.25, -0.2) is 0 Å². The van der Waals surface area contributed by atoms with E-state index in [1.54, 1.807) is 0 Å². The zero-order valence-corrected chi connectivity index (χ0v) is 8.75. The Balaban J connectivity index is 1.92. The molecule has 2 unspecified atom stereocenters. The van der Waals surface area contributed by atoms with Crippen molar-refractivity contribution in [1.82, 2.24) is 15.5 Å². The van der Waals surface area contributed by atoms with Crippen LogP contribution < -0.4 is 10.6 Å². The van der Waals surface area contributed by atoms with Crippen LogP contribution in [0.25, 0.3) is 0 Å². The Bertz CT molecular complexity index is 213. The molecular formula is C10H19N3O. The summed E-state index contributed by atoms with van der Waals surface area (Å²) in [7, 11) is 0. The van der Waals surface area contributed by atoms with Crippen LogP contribution in [0.4, 0.5) is 0 Å². The minimum Gasteiger partial charge on any atom is -0.339 e. The average molecular weight is 197 g/mol. The van der Waals surface area contributed by atoms with E-state index in [0.717, 1.165) is 39.0 Å². The number of piperazine rings is 1. The van der Waals surface area contributed by atoms with Gasteiger partial charge < -0.3 is 15.5 Å². The molecule has 4 heteroatoms.